The Kier molecular flexibility index (Phi) is 7.42. The minimum absolute atomic E-state index is 0.00946. The van der Waals surface area contributed by atoms with Crippen LogP contribution in [0, 0.1) is 11.8 Å². The summed E-state index contributed by atoms with van der Waals surface area (Å²) in [6.45, 7) is 11.3. The van der Waals surface area contributed by atoms with Crippen molar-refractivity contribution < 1.29 is 9.59 Å². The molecule has 0 bridgehead atoms. The number of amides is 2. The number of carbonyl (C=O) groups is 2. The van der Waals surface area contributed by atoms with Gasteiger partial charge in [0.05, 0.1) is 0 Å². The molecule has 2 aromatic carbocycles. The molecule has 0 spiro atoms. The van der Waals surface area contributed by atoms with Gasteiger partial charge in [0.1, 0.15) is 12.1 Å². The lowest BCUT2D eigenvalue weighted by Gasteiger charge is -2.44. The minimum atomic E-state index is -0.465. The number of carbonyl (C=O) groups excluding carboxylic acids is 2. The average molecular weight is 479 g/mol. The zero-order valence-electron chi connectivity index (χ0n) is 21.1. The molecule has 1 saturated heterocycles. The van der Waals surface area contributed by atoms with E-state index >= 15 is 0 Å². The minimum Gasteiger partial charge on any atom is -0.342 e. The number of nitrogens with zero attached hydrogens (tertiary/aromatic N) is 1. The molecule has 182 valence electrons. The Labute approximate surface area is 208 Å². The van der Waals surface area contributed by atoms with Crippen LogP contribution >= 0.6 is 11.8 Å². The first-order valence-corrected chi connectivity index (χ1v) is 13.5. The molecule has 2 aliphatic rings. The molecular weight excluding hydrogens is 440 g/mol. The Morgan fingerprint density at radius 2 is 1.56 bits per heavy atom. The van der Waals surface area contributed by atoms with E-state index in [0.29, 0.717) is 6.54 Å². The third-order valence-electron chi connectivity index (χ3n) is 7.23. The first-order valence-electron chi connectivity index (χ1n) is 12.7. The SMILES string of the molecule is CCC(CC)[C@@H]1C(=O)N[C@H](C2Cc3ccccc3C2)C(=O)N1Cc1ccccc1SC(C)(C)C. The number of nitrogens with one attached hydrogen (secondary N) is 1. The highest BCUT2D eigenvalue weighted by molar-refractivity contribution is 8.00. The van der Waals surface area contributed by atoms with Crippen LogP contribution in [0.4, 0.5) is 0 Å². The average Bonchev–Trinajstić information content (AvgIpc) is 3.22. The van der Waals surface area contributed by atoms with Crippen molar-refractivity contribution in [2.24, 2.45) is 11.8 Å². The maximum Gasteiger partial charge on any atom is 0.246 e. The van der Waals surface area contributed by atoms with Gasteiger partial charge in [-0.3, -0.25) is 9.59 Å². The number of piperazine rings is 1. The fraction of sp³-hybridized carbons (Fsp3) is 0.517. The molecule has 0 unspecified atom stereocenters. The summed E-state index contributed by atoms with van der Waals surface area (Å²) < 4.78 is 0.0618. The lowest BCUT2D eigenvalue weighted by molar-refractivity contribution is -0.154. The van der Waals surface area contributed by atoms with Crippen LogP contribution in [0.3, 0.4) is 0 Å². The van der Waals surface area contributed by atoms with Gasteiger partial charge in [-0.05, 0) is 47.4 Å². The van der Waals surface area contributed by atoms with Gasteiger partial charge in [0.15, 0.2) is 0 Å². The maximum atomic E-state index is 14.1. The van der Waals surface area contributed by atoms with E-state index in [-0.39, 0.29) is 28.4 Å². The highest BCUT2D eigenvalue weighted by Gasteiger charge is 2.47. The maximum absolute atomic E-state index is 14.1. The van der Waals surface area contributed by atoms with Gasteiger partial charge in [-0.1, -0.05) is 89.9 Å². The van der Waals surface area contributed by atoms with E-state index in [1.165, 1.54) is 16.0 Å². The Bertz CT molecular complexity index is 1020. The van der Waals surface area contributed by atoms with Gasteiger partial charge in [0, 0.05) is 16.2 Å². The van der Waals surface area contributed by atoms with Crippen LogP contribution in [-0.2, 0) is 29.0 Å². The number of hydrogen-bond acceptors (Lipinski definition) is 3. The van der Waals surface area contributed by atoms with Crippen molar-refractivity contribution in [2.75, 3.05) is 0 Å². The van der Waals surface area contributed by atoms with Crippen molar-refractivity contribution in [3.05, 3.63) is 65.2 Å². The first kappa shape index (κ1) is 24.8. The summed E-state index contributed by atoms with van der Waals surface area (Å²) in [5.41, 5.74) is 3.72. The third kappa shape index (κ3) is 5.19. The van der Waals surface area contributed by atoms with Crippen molar-refractivity contribution >= 4 is 23.6 Å². The highest BCUT2D eigenvalue weighted by Crippen LogP contribution is 2.37. The predicted octanol–water partition coefficient (Wildman–Crippen LogP) is 5.62. The zero-order valence-corrected chi connectivity index (χ0v) is 22.0. The lowest BCUT2D eigenvalue weighted by Crippen LogP contribution is -2.66. The van der Waals surface area contributed by atoms with E-state index in [4.69, 9.17) is 0 Å². The zero-order chi connectivity index (χ0) is 24.5. The molecule has 4 nitrogen and oxygen atoms in total. The molecule has 1 heterocycles. The van der Waals surface area contributed by atoms with Gasteiger partial charge in [0.25, 0.3) is 0 Å². The van der Waals surface area contributed by atoms with Crippen LogP contribution in [0.5, 0.6) is 0 Å². The van der Waals surface area contributed by atoms with Crippen molar-refractivity contribution in [3.63, 3.8) is 0 Å². The summed E-state index contributed by atoms with van der Waals surface area (Å²) >= 11 is 1.82. The second-order valence-electron chi connectivity index (χ2n) is 10.7. The third-order valence-corrected chi connectivity index (χ3v) is 8.46. The number of fused-ring (bicyclic) bond motifs is 1. The Hall–Kier alpha value is -2.27. The fourth-order valence-corrected chi connectivity index (χ4v) is 6.60. The molecule has 34 heavy (non-hydrogen) atoms. The molecule has 1 fully saturated rings. The largest absolute Gasteiger partial charge is 0.342 e. The number of thioether (sulfide) groups is 1. The monoisotopic (exact) mass is 478 g/mol. The van der Waals surface area contributed by atoms with Gasteiger partial charge < -0.3 is 10.2 Å². The van der Waals surface area contributed by atoms with Crippen molar-refractivity contribution in [3.8, 4) is 0 Å². The normalized spacial score (nSPS) is 21.2. The van der Waals surface area contributed by atoms with Gasteiger partial charge in [-0.15, -0.1) is 11.8 Å². The molecule has 0 saturated carbocycles. The van der Waals surface area contributed by atoms with Crippen LogP contribution in [0.2, 0.25) is 0 Å². The molecule has 2 amide bonds. The van der Waals surface area contributed by atoms with Crippen LogP contribution < -0.4 is 5.32 Å². The second kappa shape index (κ2) is 10.2. The molecule has 2 aromatic rings. The Morgan fingerprint density at radius 3 is 2.15 bits per heavy atom. The molecule has 1 N–H and O–H groups in total. The molecule has 0 aromatic heterocycles. The summed E-state index contributed by atoms with van der Waals surface area (Å²) in [5.74, 6) is 0.339. The standard InChI is InChI=1S/C29H38N2O2S/c1-6-19(7-2)26-27(32)30-25(23-16-20-12-8-9-13-21(20)17-23)28(33)31(26)18-22-14-10-11-15-24(22)34-29(3,4)5/h8-15,19,23,25-26H,6-7,16-18H2,1-5H3,(H,30,32)/t25-,26-/m1/s1. The Balaban J connectivity index is 1.65. The Morgan fingerprint density at radius 1 is 0.971 bits per heavy atom. The van der Waals surface area contributed by atoms with Crippen molar-refractivity contribution in [1.29, 1.82) is 0 Å². The van der Waals surface area contributed by atoms with Crippen molar-refractivity contribution in [1.82, 2.24) is 10.2 Å². The summed E-state index contributed by atoms with van der Waals surface area (Å²) in [7, 11) is 0. The summed E-state index contributed by atoms with van der Waals surface area (Å²) in [4.78, 5) is 30.7. The molecule has 1 aliphatic heterocycles. The number of hydrogen-bond donors (Lipinski definition) is 1. The smallest absolute Gasteiger partial charge is 0.246 e. The molecule has 1 aliphatic carbocycles. The van der Waals surface area contributed by atoms with E-state index in [2.05, 4.69) is 82.4 Å². The van der Waals surface area contributed by atoms with Gasteiger partial charge in [-0.2, -0.15) is 0 Å². The predicted molar refractivity (Wildman–Crippen MR) is 140 cm³/mol. The topological polar surface area (TPSA) is 49.4 Å². The van der Waals surface area contributed by atoms with Crippen LogP contribution in [-0.4, -0.2) is 33.5 Å². The lowest BCUT2D eigenvalue weighted by atomic mass is 9.86. The second-order valence-corrected chi connectivity index (χ2v) is 12.6. The fourth-order valence-electron chi connectivity index (χ4n) is 5.53. The van der Waals surface area contributed by atoms with E-state index < -0.39 is 12.1 Å². The van der Waals surface area contributed by atoms with E-state index in [0.717, 1.165) is 31.2 Å². The molecular formula is C29H38N2O2S. The summed E-state index contributed by atoms with van der Waals surface area (Å²) in [5, 5.41) is 3.18. The summed E-state index contributed by atoms with van der Waals surface area (Å²) in [6.07, 6.45) is 3.42. The molecule has 2 atom stereocenters. The molecule has 4 rings (SSSR count). The quantitative estimate of drug-likeness (QED) is 0.525. The van der Waals surface area contributed by atoms with E-state index in [1.54, 1.807) is 0 Å². The van der Waals surface area contributed by atoms with Crippen molar-refractivity contribution in [2.45, 2.75) is 88.6 Å². The van der Waals surface area contributed by atoms with Crippen LogP contribution in [0.25, 0.3) is 0 Å². The van der Waals surface area contributed by atoms with E-state index in [9.17, 15) is 9.59 Å². The van der Waals surface area contributed by atoms with Gasteiger partial charge >= 0.3 is 0 Å². The first-order chi connectivity index (χ1) is 16.2. The number of benzene rings is 2. The van der Waals surface area contributed by atoms with E-state index in [1.807, 2.05) is 22.7 Å². The number of rotatable bonds is 7. The molecule has 5 heteroatoms. The summed E-state index contributed by atoms with van der Waals surface area (Å²) in [6, 6.07) is 15.9. The van der Waals surface area contributed by atoms with Gasteiger partial charge in [-0.25, -0.2) is 0 Å². The highest BCUT2D eigenvalue weighted by atomic mass is 32.2. The van der Waals surface area contributed by atoms with Crippen LogP contribution in [0.1, 0.15) is 64.2 Å². The molecule has 0 radical (unpaired) electrons. The van der Waals surface area contributed by atoms with Crippen LogP contribution in [0.15, 0.2) is 53.4 Å². The van der Waals surface area contributed by atoms with Gasteiger partial charge in [0.2, 0.25) is 11.8 Å².